The number of carbonyl (C=O) groups excluding carboxylic acids is 2. The van der Waals surface area contributed by atoms with Gasteiger partial charge in [-0.25, -0.2) is 8.42 Å². The Balaban J connectivity index is 1.66. The first-order valence-corrected chi connectivity index (χ1v) is 15.0. The highest BCUT2D eigenvalue weighted by Gasteiger charge is 2.33. The van der Waals surface area contributed by atoms with Crippen molar-refractivity contribution in [3.8, 4) is 0 Å². The maximum Gasteiger partial charge on any atom is 0.264 e. The molecule has 206 valence electrons. The van der Waals surface area contributed by atoms with Gasteiger partial charge in [-0.2, -0.15) is 0 Å². The van der Waals surface area contributed by atoms with E-state index in [1.807, 2.05) is 37.3 Å². The Morgan fingerprint density at radius 3 is 2.18 bits per heavy atom. The summed E-state index contributed by atoms with van der Waals surface area (Å²) in [5, 5.41) is 3.48. The number of carbonyl (C=O) groups is 2. The molecule has 39 heavy (non-hydrogen) atoms. The first kappa shape index (κ1) is 28.6. The van der Waals surface area contributed by atoms with Crippen LogP contribution in [0, 0.1) is 6.92 Å². The maximum absolute atomic E-state index is 13.9. The molecule has 4 rings (SSSR count). The summed E-state index contributed by atoms with van der Waals surface area (Å²) in [4.78, 5) is 28.6. The Hall–Kier alpha value is -3.36. The van der Waals surface area contributed by atoms with Crippen LogP contribution in [0.5, 0.6) is 0 Å². The second-order valence-corrected chi connectivity index (χ2v) is 12.3. The van der Waals surface area contributed by atoms with Crippen LogP contribution >= 0.6 is 11.6 Å². The molecule has 1 unspecified atom stereocenters. The Morgan fingerprint density at radius 2 is 1.56 bits per heavy atom. The second kappa shape index (κ2) is 12.7. The van der Waals surface area contributed by atoms with Crippen LogP contribution in [0.2, 0.25) is 5.02 Å². The zero-order valence-corrected chi connectivity index (χ0v) is 23.8. The topological polar surface area (TPSA) is 86.8 Å². The fourth-order valence-corrected chi connectivity index (χ4v) is 6.27. The number of hydrogen-bond acceptors (Lipinski definition) is 4. The minimum absolute atomic E-state index is 0.0157. The minimum atomic E-state index is -4.12. The largest absolute Gasteiger partial charge is 0.352 e. The molecular weight excluding hydrogens is 534 g/mol. The molecule has 3 aromatic carbocycles. The summed E-state index contributed by atoms with van der Waals surface area (Å²) in [6.07, 6.45) is 3.98. The molecule has 9 heteroatoms. The first-order valence-electron chi connectivity index (χ1n) is 13.1. The van der Waals surface area contributed by atoms with Crippen molar-refractivity contribution in [2.45, 2.75) is 63.1 Å². The summed E-state index contributed by atoms with van der Waals surface area (Å²) in [5.41, 5.74) is 2.15. The summed E-state index contributed by atoms with van der Waals surface area (Å²) >= 11 is 6.00. The number of hydrogen-bond donors (Lipinski definition) is 1. The van der Waals surface area contributed by atoms with E-state index < -0.39 is 28.5 Å². The molecule has 1 N–H and O–H groups in total. The van der Waals surface area contributed by atoms with E-state index in [0.717, 1.165) is 41.1 Å². The predicted molar refractivity (Wildman–Crippen MR) is 154 cm³/mol. The summed E-state index contributed by atoms with van der Waals surface area (Å²) < 4.78 is 28.7. The van der Waals surface area contributed by atoms with Crippen molar-refractivity contribution in [1.29, 1.82) is 0 Å². The molecule has 0 aliphatic heterocycles. The van der Waals surface area contributed by atoms with Crippen molar-refractivity contribution in [1.82, 2.24) is 10.2 Å². The lowest BCUT2D eigenvalue weighted by Crippen LogP contribution is -2.52. The van der Waals surface area contributed by atoms with E-state index in [9.17, 15) is 18.0 Å². The average molecular weight is 568 g/mol. The molecule has 0 aromatic heterocycles. The third kappa shape index (κ3) is 7.19. The molecule has 0 heterocycles. The number of amides is 2. The lowest BCUT2D eigenvalue weighted by Gasteiger charge is -2.32. The Labute approximate surface area is 235 Å². The van der Waals surface area contributed by atoms with Crippen molar-refractivity contribution in [2.75, 3.05) is 10.8 Å². The summed E-state index contributed by atoms with van der Waals surface area (Å²) in [7, 11) is -4.12. The van der Waals surface area contributed by atoms with Gasteiger partial charge in [-0.05, 0) is 68.7 Å². The van der Waals surface area contributed by atoms with Crippen molar-refractivity contribution in [3.05, 3.63) is 95.0 Å². The number of anilines is 1. The number of rotatable bonds is 10. The molecule has 1 fully saturated rings. The van der Waals surface area contributed by atoms with Gasteiger partial charge < -0.3 is 10.2 Å². The van der Waals surface area contributed by atoms with Gasteiger partial charge in [0.05, 0.1) is 10.6 Å². The van der Waals surface area contributed by atoms with Crippen LogP contribution in [0.3, 0.4) is 0 Å². The fraction of sp³-hybridized carbons (Fsp3) is 0.333. The SMILES string of the molecule is Cc1ccc(N(CC(=O)N(Cc2ccccc2)C(C)C(=O)NC2CCCC2)S(=O)(=O)c2ccc(Cl)cc2)cc1. The Bertz CT molecular complexity index is 1370. The monoisotopic (exact) mass is 567 g/mol. The van der Waals surface area contributed by atoms with Gasteiger partial charge in [-0.1, -0.05) is 72.5 Å². The fourth-order valence-electron chi connectivity index (χ4n) is 4.73. The number of aryl methyl sites for hydroxylation is 1. The van der Waals surface area contributed by atoms with Crippen molar-refractivity contribution < 1.29 is 18.0 Å². The molecular formula is C30H34ClN3O4S. The highest BCUT2D eigenvalue weighted by molar-refractivity contribution is 7.92. The molecule has 0 radical (unpaired) electrons. The predicted octanol–water partition coefficient (Wildman–Crippen LogP) is 5.32. The van der Waals surface area contributed by atoms with Crippen LogP contribution in [0.1, 0.15) is 43.7 Å². The van der Waals surface area contributed by atoms with Gasteiger partial charge in [0, 0.05) is 17.6 Å². The zero-order chi connectivity index (χ0) is 28.0. The van der Waals surface area contributed by atoms with E-state index in [2.05, 4.69) is 5.32 Å². The zero-order valence-electron chi connectivity index (χ0n) is 22.2. The minimum Gasteiger partial charge on any atom is -0.352 e. The van der Waals surface area contributed by atoms with Gasteiger partial charge in [0.15, 0.2) is 0 Å². The lowest BCUT2D eigenvalue weighted by molar-refractivity contribution is -0.139. The standard InChI is InChI=1S/C30H34ClN3O4S/c1-22-12-16-27(17-13-22)34(39(37,38)28-18-14-25(31)15-19-28)21-29(35)33(20-24-8-4-3-5-9-24)23(2)30(36)32-26-10-6-7-11-26/h3-5,8-9,12-19,23,26H,6-7,10-11,20-21H2,1-2H3,(H,32,36). The Kier molecular flexibility index (Phi) is 9.30. The van der Waals surface area contributed by atoms with Crippen LogP contribution in [0.15, 0.2) is 83.8 Å². The molecule has 0 spiro atoms. The van der Waals surface area contributed by atoms with Gasteiger partial charge >= 0.3 is 0 Å². The third-order valence-corrected chi connectivity index (χ3v) is 9.11. The van der Waals surface area contributed by atoms with Gasteiger partial charge in [-0.15, -0.1) is 0 Å². The third-order valence-electron chi connectivity index (χ3n) is 7.07. The highest BCUT2D eigenvalue weighted by Crippen LogP contribution is 2.26. The number of nitrogens with one attached hydrogen (secondary N) is 1. The smallest absolute Gasteiger partial charge is 0.264 e. The molecule has 1 saturated carbocycles. The van der Waals surface area contributed by atoms with Crippen LogP contribution < -0.4 is 9.62 Å². The van der Waals surface area contributed by atoms with Gasteiger partial charge in [0.2, 0.25) is 11.8 Å². The van der Waals surface area contributed by atoms with Crippen molar-refractivity contribution in [2.24, 2.45) is 0 Å². The average Bonchev–Trinajstić information content (AvgIpc) is 3.44. The second-order valence-electron chi connectivity index (χ2n) is 9.97. The number of nitrogens with zero attached hydrogens (tertiary/aromatic N) is 2. The van der Waals surface area contributed by atoms with Crippen molar-refractivity contribution >= 4 is 39.1 Å². The van der Waals surface area contributed by atoms with Crippen LogP contribution in [-0.2, 0) is 26.2 Å². The van der Waals surface area contributed by atoms with E-state index >= 15 is 0 Å². The number of benzene rings is 3. The summed E-state index contributed by atoms with van der Waals surface area (Å²) in [5.74, 6) is -0.723. The quantitative estimate of drug-likeness (QED) is 0.359. The lowest BCUT2D eigenvalue weighted by atomic mass is 10.1. The molecule has 0 bridgehead atoms. The molecule has 1 aliphatic carbocycles. The van der Waals surface area contributed by atoms with E-state index in [4.69, 9.17) is 11.6 Å². The van der Waals surface area contributed by atoms with E-state index in [-0.39, 0.29) is 23.4 Å². The molecule has 0 saturated heterocycles. The normalized spacial score (nSPS) is 14.5. The van der Waals surface area contributed by atoms with Crippen LogP contribution in [0.25, 0.3) is 0 Å². The van der Waals surface area contributed by atoms with Crippen LogP contribution in [-0.4, -0.2) is 43.8 Å². The molecule has 3 aromatic rings. The van der Waals surface area contributed by atoms with Crippen LogP contribution in [0.4, 0.5) is 5.69 Å². The molecule has 7 nitrogen and oxygen atoms in total. The molecule has 2 amide bonds. The van der Waals surface area contributed by atoms with E-state index in [1.165, 1.54) is 29.2 Å². The van der Waals surface area contributed by atoms with Crippen molar-refractivity contribution in [3.63, 3.8) is 0 Å². The summed E-state index contributed by atoms with van der Waals surface area (Å²) in [6, 6.07) is 21.5. The van der Waals surface area contributed by atoms with E-state index in [1.54, 1.807) is 31.2 Å². The first-order chi connectivity index (χ1) is 18.6. The molecule has 1 atom stereocenters. The van der Waals surface area contributed by atoms with E-state index in [0.29, 0.717) is 10.7 Å². The maximum atomic E-state index is 13.9. The van der Waals surface area contributed by atoms with Gasteiger partial charge in [0.25, 0.3) is 10.0 Å². The summed E-state index contributed by atoms with van der Waals surface area (Å²) in [6.45, 7) is 3.29. The van der Waals surface area contributed by atoms with Gasteiger partial charge in [-0.3, -0.25) is 13.9 Å². The number of sulfonamides is 1. The Morgan fingerprint density at radius 1 is 0.949 bits per heavy atom. The highest BCUT2D eigenvalue weighted by atomic mass is 35.5. The number of halogens is 1. The molecule has 1 aliphatic rings. The van der Waals surface area contributed by atoms with Gasteiger partial charge in [0.1, 0.15) is 12.6 Å².